The van der Waals surface area contributed by atoms with Gasteiger partial charge < -0.3 is 0 Å². The highest BCUT2D eigenvalue weighted by atomic mass is 35.5. The second-order valence-corrected chi connectivity index (χ2v) is 5.42. The van der Waals surface area contributed by atoms with Gasteiger partial charge in [-0.15, -0.1) is 5.10 Å². The van der Waals surface area contributed by atoms with Crippen molar-refractivity contribution in [3.8, 4) is 17.3 Å². The van der Waals surface area contributed by atoms with E-state index >= 15 is 0 Å². The lowest BCUT2D eigenvalue weighted by Crippen LogP contribution is -2.05. The molecule has 5 heteroatoms. The number of nitrogens with zero attached hydrogens (tertiary/aromatic N) is 4. The number of aromatic nitrogens is 3. The molecule has 0 unspecified atom stereocenters. The maximum atomic E-state index is 9.28. The van der Waals surface area contributed by atoms with Crippen molar-refractivity contribution in [2.75, 3.05) is 0 Å². The van der Waals surface area contributed by atoms with Gasteiger partial charge in [0.2, 0.25) is 0 Å². The van der Waals surface area contributed by atoms with Gasteiger partial charge in [-0.25, -0.2) is 4.68 Å². The monoisotopic (exact) mass is 308 g/mol. The molecular formula is C17H13ClN4. The summed E-state index contributed by atoms with van der Waals surface area (Å²) < 4.78 is 1.71. The molecule has 0 bridgehead atoms. The molecule has 0 aliphatic rings. The maximum Gasteiger partial charge on any atom is 0.190 e. The van der Waals surface area contributed by atoms with Crippen molar-refractivity contribution in [3.05, 3.63) is 70.4 Å². The van der Waals surface area contributed by atoms with Gasteiger partial charge in [-0.05, 0) is 18.6 Å². The molecule has 2 aromatic carbocycles. The quantitative estimate of drug-likeness (QED) is 0.739. The van der Waals surface area contributed by atoms with Crippen LogP contribution in [-0.4, -0.2) is 15.0 Å². The number of benzene rings is 2. The van der Waals surface area contributed by atoms with E-state index in [1.54, 1.807) is 4.68 Å². The van der Waals surface area contributed by atoms with Gasteiger partial charge in [0, 0.05) is 10.6 Å². The third-order valence-corrected chi connectivity index (χ3v) is 3.81. The van der Waals surface area contributed by atoms with Gasteiger partial charge in [0.05, 0.1) is 6.54 Å². The summed E-state index contributed by atoms with van der Waals surface area (Å²) in [5.41, 5.74) is 4.04. The number of halogens is 1. The third-order valence-electron chi connectivity index (χ3n) is 3.44. The SMILES string of the molecule is Cc1ccc(-c2c(C#N)nnn2Cc2ccccc2Cl)cc1. The molecule has 0 aliphatic carbocycles. The molecule has 1 aromatic heterocycles. The van der Waals surface area contributed by atoms with Crippen LogP contribution in [0.4, 0.5) is 0 Å². The fourth-order valence-electron chi connectivity index (χ4n) is 2.28. The molecule has 3 aromatic rings. The molecule has 4 nitrogen and oxygen atoms in total. The predicted octanol–water partition coefficient (Wildman–Crippen LogP) is 3.83. The lowest BCUT2D eigenvalue weighted by molar-refractivity contribution is 0.655. The van der Waals surface area contributed by atoms with Crippen molar-refractivity contribution in [3.63, 3.8) is 0 Å². The van der Waals surface area contributed by atoms with E-state index in [1.165, 1.54) is 0 Å². The highest BCUT2D eigenvalue weighted by molar-refractivity contribution is 6.31. The highest BCUT2D eigenvalue weighted by Crippen LogP contribution is 2.24. The molecule has 0 amide bonds. The number of rotatable bonds is 3. The van der Waals surface area contributed by atoms with Gasteiger partial charge in [-0.1, -0.05) is 64.8 Å². The summed E-state index contributed by atoms with van der Waals surface area (Å²) in [4.78, 5) is 0. The second-order valence-electron chi connectivity index (χ2n) is 5.01. The smallest absolute Gasteiger partial charge is 0.190 e. The van der Waals surface area contributed by atoms with Crippen LogP contribution in [0.1, 0.15) is 16.8 Å². The van der Waals surface area contributed by atoms with Crippen molar-refractivity contribution in [1.82, 2.24) is 15.0 Å². The van der Waals surface area contributed by atoms with E-state index < -0.39 is 0 Å². The average molecular weight is 309 g/mol. The van der Waals surface area contributed by atoms with Gasteiger partial charge in [-0.3, -0.25) is 0 Å². The molecule has 3 rings (SSSR count). The van der Waals surface area contributed by atoms with Crippen LogP contribution in [0.2, 0.25) is 5.02 Å². The Morgan fingerprint density at radius 1 is 1.14 bits per heavy atom. The number of nitriles is 1. The Bertz CT molecular complexity index is 844. The number of hydrogen-bond acceptors (Lipinski definition) is 3. The lowest BCUT2D eigenvalue weighted by atomic mass is 10.1. The van der Waals surface area contributed by atoms with Crippen molar-refractivity contribution in [2.24, 2.45) is 0 Å². The standard InChI is InChI=1S/C17H13ClN4/c1-12-6-8-13(9-7-12)17-16(10-19)20-21-22(17)11-14-4-2-3-5-15(14)18/h2-9H,11H2,1H3. The molecule has 0 atom stereocenters. The van der Waals surface area contributed by atoms with Crippen molar-refractivity contribution >= 4 is 11.6 Å². The fourth-order valence-corrected chi connectivity index (χ4v) is 2.48. The van der Waals surface area contributed by atoms with Gasteiger partial charge in [0.1, 0.15) is 11.8 Å². The summed E-state index contributed by atoms with van der Waals surface area (Å²) in [6.45, 7) is 2.49. The first kappa shape index (κ1) is 14.3. The zero-order valence-electron chi connectivity index (χ0n) is 12.0. The molecule has 1 heterocycles. The molecule has 0 saturated heterocycles. The van der Waals surface area contributed by atoms with Gasteiger partial charge >= 0.3 is 0 Å². The van der Waals surface area contributed by atoms with Crippen LogP contribution in [0.3, 0.4) is 0 Å². The molecule has 0 saturated carbocycles. The van der Waals surface area contributed by atoms with Crippen LogP contribution < -0.4 is 0 Å². The molecular weight excluding hydrogens is 296 g/mol. The van der Waals surface area contributed by atoms with Crippen LogP contribution in [-0.2, 0) is 6.54 Å². The summed E-state index contributed by atoms with van der Waals surface area (Å²) in [7, 11) is 0. The Labute approximate surface area is 133 Å². The minimum Gasteiger partial charge on any atom is -0.239 e. The van der Waals surface area contributed by atoms with Crippen LogP contribution >= 0.6 is 11.6 Å². The van der Waals surface area contributed by atoms with E-state index in [9.17, 15) is 5.26 Å². The van der Waals surface area contributed by atoms with E-state index in [2.05, 4.69) is 16.4 Å². The fraction of sp³-hybridized carbons (Fsp3) is 0.118. The van der Waals surface area contributed by atoms with Gasteiger partial charge in [0.25, 0.3) is 0 Å². The zero-order valence-corrected chi connectivity index (χ0v) is 12.7. The largest absolute Gasteiger partial charge is 0.239 e. The molecule has 0 N–H and O–H groups in total. The van der Waals surface area contributed by atoms with E-state index in [-0.39, 0.29) is 0 Å². The highest BCUT2D eigenvalue weighted by Gasteiger charge is 2.15. The summed E-state index contributed by atoms with van der Waals surface area (Å²) in [6, 6.07) is 17.6. The first-order valence-corrected chi connectivity index (χ1v) is 7.21. The van der Waals surface area contributed by atoms with Gasteiger partial charge in [0.15, 0.2) is 5.69 Å². The minimum absolute atomic E-state index is 0.316. The van der Waals surface area contributed by atoms with E-state index in [4.69, 9.17) is 11.6 Å². The summed E-state index contributed by atoms with van der Waals surface area (Å²) in [6.07, 6.45) is 0. The number of hydrogen-bond donors (Lipinski definition) is 0. The van der Waals surface area contributed by atoms with E-state index in [0.29, 0.717) is 23.0 Å². The molecule has 0 radical (unpaired) electrons. The first-order valence-electron chi connectivity index (χ1n) is 6.83. The Morgan fingerprint density at radius 3 is 2.55 bits per heavy atom. The summed E-state index contributed by atoms with van der Waals surface area (Å²) >= 11 is 6.21. The van der Waals surface area contributed by atoms with Crippen molar-refractivity contribution in [2.45, 2.75) is 13.5 Å². The summed E-state index contributed by atoms with van der Waals surface area (Å²) in [5.74, 6) is 0. The van der Waals surface area contributed by atoms with Crippen molar-refractivity contribution < 1.29 is 0 Å². The van der Waals surface area contributed by atoms with Crippen LogP contribution in [0.25, 0.3) is 11.3 Å². The normalized spacial score (nSPS) is 10.4. The zero-order chi connectivity index (χ0) is 15.5. The van der Waals surface area contributed by atoms with Gasteiger partial charge in [-0.2, -0.15) is 5.26 Å². The van der Waals surface area contributed by atoms with E-state index in [0.717, 1.165) is 16.7 Å². The Hall–Kier alpha value is -2.64. The first-order chi connectivity index (χ1) is 10.7. The Balaban J connectivity index is 2.06. The van der Waals surface area contributed by atoms with Crippen molar-refractivity contribution in [1.29, 1.82) is 5.26 Å². The summed E-state index contributed by atoms with van der Waals surface area (Å²) in [5, 5.41) is 18.0. The molecule has 0 aliphatic heterocycles. The van der Waals surface area contributed by atoms with Crippen LogP contribution in [0, 0.1) is 18.3 Å². The van der Waals surface area contributed by atoms with Crippen LogP contribution in [0.5, 0.6) is 0 Å². The third kappa shape index (κ3) is 2.72. The second kappa shape index (κ2) is 6.00. The Morgan fingerprint density at radius 2 is 1.86 bits per heavy atom. The predicted molar refractivity (Wildman–Crippen MR) is 85.5 cm³/mol. The molecule has 0 fully saturated rings. The molecule has 22 heavy (non-hydrogen) atoms. The minimum atomic E-state index is 0.316. The Kier molecular flexibility index (Phi) is 3.90. The lowest BCUT2D eigenvalue weighted by Gasteiger charge is -2.08. The average Bonchev–Trinajstić information content (AvgIpc) is 2.93. The molecule has 0 spiro atoms. The van der Waals surface area contributed by atoms with E-state index in [1.807, 2.05) is 55.5 Å². The molecule has 108 valence electrons. The number of aryl methyl sites for hydroxylation is 1. The topological polar surface area (TPSA) is 54.5 Å². The maximum absolute atomic E-state index is 9.28. The van der Waals surface area contributed by atoms with Crippen LogP contribution in [0.15, 0.2) is 48.5 Å².